The normalized spacial score (nSPS) is 23.8. The van der Waals surface area contributed by atoms with Crippen molar-refractivity contribution in [3.8, 4) is 0 Å². The Hall–Kier alpha value is -1.90. The van der Waals surface area contributed by atoms with Crippen LogP contribution in [-0.4, -0.2) is 30.2 Å². The number of ether oxygens (including phenoxy) is 1. The number of benzene rings is 2. The Bertz CT molecular complexity index is 722. The maximum absolute atomic E-state index is 5.86. The van der Waals surface area contributed by atoms with Crippen LogP contribution in [-0.2, 0) is 17.7 Å². The van der Waals surface area contributed by atoms with Gasteiger partial charge >= 0.3 is 0 Å². The second kappa shape index (κ2) is 6.92. The zero-order chi connectivity index (χ0) is 16.4. The van der Waals surface area contributed by atoms with Crippen molar-refractivity contribution in [3.05, 3.63) is 77.4 Å². The van der Waals surface area contributed by atoms with Crippen LogP contribution in [0.4, 0.5) is 0 Å². The summed E-state index contributed by atoms with van der Waals surface area (Å²) in [5, 5.41) is 0. The lowest BCUT2D eigenvalue weighted by Gasteiger charge is -2.45. The van der Waals surface area contributed by atoms with E-state index in [9.17, 15) is 0 Å². The van der Waals surface area contributed by atoms with E-state index < -0.39 is 0 Å². The van der Waals surface area contributed by atoms with Crippen molar-refractivity contribution in [1.82, 2.24) is 4.90 Å². The molecule has 0 N–H and O–H groups in total. The third-order valence-corrected chi connectivity index (χ3v) is 5.30. The first-order chi connectivity index (χ1) is 11.8. The first-order valence-corrected chi connectivity index (χ1v) is 9.01. The van der Waals surface area contributed by atoms with Crippen molar-refractivity contribution < 1.29 is 4.74 Å². The van der Waals surface area contributed by atoms with E-state index in [1.54, 1.807) is 0 Å². The summed E-state index contributed by atoms with van der Waals surface area (Å²) in [6.45, 7) is 4.91. The van der Waals surface area contributed by atoms with Crippen molar-refractivity contribution in [2.75, 3.05) is 13.2 Å². The molecule has 4 rings (SSSR count). The number of rotatable bonds is 4. The monoisotopic (exact) mass is 319 g/mol. The molecule has 2 bridgehead atoms. The van der Waals surface area contributed by atoms with Gasteiger partial charge in [-0.25, -0.2) is 0 Å². The van der Waals surface area contributed by atoms with Gasteiger partial charge in [-0.05, 0) is 35.1 Å². The Balaban J connectivity index is 1.62. The standard InChI is InChI=1S/C22H25NO/c1-2-18-10-6-7-11-22(18)19-12-20-15-24-16-21(13-19)23(20)14-17-8-4-3-5-9-17/h3-12,20-21H,2,13-16H2,1H3. The van der Waals surface area contributed by atoms with Crippen LogP contribution in [0.15, 0.2) is 60.7 Å². The lowest BCUT2D eigenvalue weighted by atomic mass is 9.87. The number of morpholine rings is 1. The SMILES string of the molecule is CCc1ccccc1C1=CC2COCC(C1)N2Cc1ccccc1. The van der Waals surface area contributed by atoms with Crippen LogP contribution < -0.4 is 0 Å². The Morgan fingerprint density at radius 2 is 1.79 bits per heavy atom. The highest BCUT2D eigenvalue weighted by Gasteiger charge is 2.35. The number of hydrogen-bond donors (Lipinski definition) is 0. The maximum atomic E-state index is 5.86. The van der Waals surface area contributed by atoms with Gasteiger partial charge in [0.2, 0.25) is 0 Å². The van der Waals surface area contributed by atoms with Crippen molar-refractivity contribution >= 4 is 5.57 Å². The molecule has 2 atom stereocenters. The smallest absolute Gasteiger partial charge is 0.0658 e. The van der Waals surface area contributed by atoms with Crippen molar-refractivity contribution in [2.45, 2.75) is 38.4 Å². The summed E-state index contributed by atoms with van der Waals surface area (Å²) < 4.78 is 5.86. The highest BCUT2D eigenvalue weighted by molar-refractivity contribution is 5.70. The number of hydrogen-bond acceptors (Lipinski definition) is 2. The molecule has 0 radical (unpaired) electrons. The fourth-order valence-corrected chi connectivity index (χ4v) is 4.04. The molecular weight excluding hydrogens is 294 g/mol. The number of aryl methyl sites for hydroxylation is 1. The Morgan fingerprint density at radius 3 is 2.58 bits per heavy atom. The van der Waals surface area contributed by atoms with Crippen LogP contribution in [0.3, 0.4) is 0 Å². The first kappa shape index (κ1) is 15.6. The van der Waals surface area contributed by atoms with Crippen molar-refractivity contribution in [1.29, 1.82) is 0 Å². The van der Waals surface area contributed by atoms with E-state index >= 15 is 0 Å². The average Bonchev–Trinajstić information content (AvgIpc) is 2.62. The van der Waals surface area contributed by atoms with Gasteiger partial charge in [0.1, 0.15) is 0 Å². The summed E-state index contributed by atoms with van der Waals surface area (Å²) in [5.74, 6) is 0. The van der Waals surface area contributed by atoms with Gasteiger partial charge in [0.25, 0.3) is 0 Å². The van der Waals surface area contributed by atoms with Gasteiger partial charge in [-0.1, -0.05) is 67.6 Å². The fraction of sp³-hybridized carbons (Fsp3) is 0.364. The summed E-state index contributed by atoms with van der Waals surface area (Å²) in [4.78, 5) is 2.62. The molecule has 2 nitrogen and oxygen atoms in total. The quantitative estimate of drug-likeness (QED) is 0.833. The highest BCUT2D eigenvalue weighted by Crippen LogP contribution is 2.34. The van der Waals surface area contributed by atoms with Gasteiger partial charge in [-0.15, -0.1) is 0 Å². The number of fused-ring (bicyclic) bond motifs is 2. The van der Waals surface area contributed by atoms with E-state index in [1.165, 1.54) is 22.3 Å². The molecule has 2 heterocycles. The van der Waals surface area contributed by atoms with E-state index in [-0.39, 0.29) is 0 Å². The molecule has 0 amide bonds. The molecule has 2 aliphatic rings. The molecule has 0 saturated carbocycles. The lowest BCUT2D eigenvalue weighted by molar-refractivity contribution is -0.0402. The van der Waals surface area contributed by atoms with Gasteiger partial charge in [-0.3, -0.25) is 4.90 Å². The Kier molecular flexibility index (Phi) is 4.50. The van der Waals surface area contributed by atoms with Crippen LogP contribution >= 0.6 is 0 Å². The van der Waals surface area contributed by atoms with E-state index in [1.807, 2.05) is 0 Å². The third-order valence-electron chi connectivity index (χ3n) is 5.30. The van der Waals surface area contributed by atoms with Crippen LogP contribution in [0.2, 0.25) is 0 Å². The molecule has 0 aromatic heterocycles. The molecule has 24 heavy (non-hydrogen) atoms. The minimum absolute atomic E-state index is 0.387. The molecule has 2 aliphatic heterocycles. The average molecular weight is 319 g/mol. The van der Waals surface area contributed by atoms with E-state index in [4.69, 9.17) is 4.74 Å². The summed E-state index contributed by atoms with van der Waals surface area (Å²) >= 11 is 0. The number of nitrogens with zero attached hydrogens (tertiary/aromatic N) is 1. The van der Waals surface area contributed by atoms with Crippen LogP contribution in [0.5, 0.6) is 0 Å². The summed E-state index contributed by atoms with van der Waals surface area (Å²) in [5.41, 5.74) is 5.80. The van der Waals surface area contributed by atoms with Gasteiger partial charge < -0.3 is 4.74 Å². The van der Waals surface area contributed by atoms with E-state index in [0.29, 0.717) is 12.1 Å². The van der Waals surface area contributed by atoms with E-state index in [0.717, 1.165) is 32.6 Å². The van der Waals surface area contributed by atoms with Crippen LogP contribution in [0.25, 0.3) is 5.57 Å². The molecule has 0 spiro atoms. The van der Waals surface area contributed by atoms with Gasteiger partial charge in [0.05, 0.1) is 19.3 Å². The summed E-state index contributed by atoms with van der Waals surface area (Å²) in [6.07, 6.45) is 4.63. The van der Waals surface area contributed by atoms with Crippen molar-refractivity contribution in [2.24, 2.45) is 0 Å². The zero-order valence-corrected chi connectivity index (χ0v) is 14.3. The topological polar surface area (TPSA) is 12.5 Å². The molecular formula is C22H25NO. The van der Waals surface area contributed by atoms with E-state index in [2.05, 4.69) is 72.5 Å². The molecule has 2 aromatic carbocycles. The zero-order valence-electron chi connectivity index (χ0n) is 14.3. The summed E-state index contributed by atoms with van der Waals surface area (Å²) in [6, 6.07) is 20.5. The largest absolute Gasteiger partial charge is 0.378 e. The molecule has 0 aliphatic carbocycles. The van der Waals surface area contributed by atoms with Gasteiger partial charge in [0.15, 0.2) is 0 Å². The van der Waals surface area contributed by atoms with Gasteiger partial charge in [-0.2, -0.15) is 0 Å². The Morgan fingerprint density at radius 1 is 1.00 bits per heavy atom. The second-order valence-corrected chi connectivity index (χ2v) is 6.82. The third kappa shape index (κ3) is 3.04. The minimum atomic E-state index is 0.387. The minimum Gasteiger partial charge on any atom is -0.378 e. The maximum Gasteiger partial charge on any atom is 0.0658 e. The second-order valence-electron chi connectivity index (χ2n) is 6.82. The van der Waals surface area contributed by atoms with Crippen LogP contribution in [0.1, 0.15) is 30.0 Å². The molecule has 2 unspecified atom stereocenters. The Labute approximate surface area is 144 Å². The lowest BCUT2D eigenvalue weighted by Crippen LogP contribution is -2.53. The fourth-order valence-electron chi connectivity index (χ4n) is 4.04. The van der Waals surface area contributed by atoms with Gasteiger partial charge in [0, 0.05) is 12.6 Å². The molecule has 1 fully saturated rings. The van der Waals surface area contributed by atoms with Crippen molar-refractivity contribution in [3.63, 3.8) is 0 Å². The van der Waals surface area contributed by atoms with Crippen LogP contribution in [0, 0.1) is 0 Å². The molecule has 2 heteroatoms. The molecule has 1 saturated heterocycles. The molecule has 2 aromatic rings. The first-order valence-electron chi connectivity index (χ1n) is 9.01. The molecule has 124 valence electrons. The highest BCUT2D eigenvalue weighted by atomic mass is 16.5. The predicted molar refractivity (Wildman–Crippen MR) is 98.8 cm³/mol. The predicted octanol–water partition coefficient (Wildman–Crippen LogP) is 4.31. The summed E-state index contributed by atoms with van der Waals surface area (Å²) in [7, 11) is 0.